The second kappa shape index (κ2) is 3.44. The Balaban J connectivity index is 2.43. The highest BCUT2D eigenvalue weighted by Crippen LogP contribution is 2.31. The molecular formula is C7H9ClN2O2S2. The zero-order chi connectivity index (χ0) is 10.3. The smallest absolute Gasteiger partial charge is 0.229 e. The zero-order valence-electron chi connectivity index (χ0n) is 7.53. The average Bonchev–Trinajstić information content (AvgIpc) is 2.25. The zero-order valence-corrected chi connectivity index (χ0v) is 9.92. The highest BCUT2D eigenvalue weighted by molar-refractivity contribution is 7.91. The van der Waals surface area contributed by atoms with Gasteiger partial charge < -0.3 is 0 Å². The van der Waals surface area contributed by atoms with Gasteiger partial charge in [-0.05, 0) is 13.3 Å². The van der Waals surface area contributed by atoms with E-state index in [-0.39, 0.29) is 8.68 Å². The summed E-state index contributed by atoms with van der Waals surface area (Å²) in [5.74, 6) is 0. The Bertz CT molecular complexity index is 450. The number of thiazole rings is 1. The summed E-state index contributed by atoms with van der Waals surface area (Å²) in [4.78, 5) is 3.90. The van der Waals surface area contributed by atoms with E-state index in [4.69, 9.17) is 11.6 Å². The average molecular weight is 253 g/mol. The highest BCUT2D eigenvalue weighted by atomic mass is 35.5. The van der Waals surface area contributed by atoms with Gasteiger partial charge in [-0.2, -0.15) is 4.31 Å². The fourth-order valence-electron chi connectivity index (χ4n) is 1.23. The van der Waals surface area contributed by atoms with Crippen molar-refractivity contribution in [3.63, 3.8) is 0 Å². The molecule has 2 rings (SSSR count). The van der Waals surface area contributed by atoms with Gasteiger partial charge in [0.2, 0.25) is 0 Å². The Morgan fingerprint density at radius 3 is 2.50 bits per heavy atom. The van der Waals surface area contributed by atoms with Gasteiger partial charge >= 0.3 is 0 Å². The van der Waals surface area contributed by atoms with Crippen molar-refractivity contribution >= 4 is 33.0 Å². The minimum absolute atomic E-state index is 0.279. The van der Waals surface area contributed by atoms with Crippen LogP contribution in [0.3, 0.4) is 0 Å². The Labute approximate surface area is 91.6 Å². The van der Waals surface area contributed by atoms with Crippen LogP contribution in [0.2, 0.25) is 4.47 Å². The van der Waals surface area contributed by atoms with Crippen LogP contribution >= 0.6 is 22.9 Å². The van der Waals surface area contributed by atoms with Crippen molar-refractivity contribution in [3.8, 4) is 0 Å². The third-order valence-corrected chi connectivity index (χ3v) is 5.86. The van der Waals surface area contributed by atoms with Crippen molar-refractivity contribution in [2.75, 3.05) is 13.1 Å². The molecule has 1 aromatic heterocycles. The van der Waals surface area contributed by atoms with Gasteiger partial charge in [0.1, 0.15) is 0 Å². The molecule has 1 aliphatic rings. The largest absolute Gasteiger partial charge is 0.254 e. The minimum Gasteiger partial charge on any atom is -0.229 e. The van der Waals surface area contributed by atoms with Crippen molar-refractivity contribution in [1.82, 2.24) is 9.29 Å². The number of nitrogens with zero attached hydrogens (tertiary/aromatic N) is 2. The van der Waals surface area contributed by atoms with Gasteiger partial charge in [0.15, 0.2) is 8.68 Å². The molecule has 1 fully saturated rings. The molecule has 0 aliphatic carbocycles. The van der Waals surface area contributed by atoms with Gasteiger partial charge in [-0.15, -0.1) is 0 Å². The number of rotatable bonds is 2. The first-order chi connectivity index (χ1) is 6.51. The lowest BCUT2D eigenvalue weighted by atomic mass is 10.3. The molecule has 0 N–H and O–H groups in total. The lowest BCUT2D eigenvalue weighted by molar-refractivity contribution is 0.310. The first kappa shape index (κ1) is 10.4. The first-order valence-electron chi connectivity index (χ1n) is 4.15. The molecule has 0 spiro atoms. The monoisotopic (exact) mass is 252 g/mol. The molecule has 2 heterocycles. The van der Waals surface area contributed by atoms with Crippen LogP contribution in [0.1, 0.15) is 12.1 Å². The van der Waals surface area contributed by atoms with Crippen molar-refractivity contribution < 1.29 is 8.42 Å². The van der Waals surface area contributed by atoms with E-state index >= 15 is 0 Å². The van der Waals surface area contributed by atoms with E-state index in [1.54, 1.807) is 6.92 Å². The van der Waals surface area contributed by atoms with E-state index in [1.807, 2.05) is 0 Å². The molecule has 1 aromatic rings. The standard InChI is InChI=1S/C7H9ClN2O2S2/c1-5-6(13-7(8)9-5)14(11,12)10-3-2-4-10/h2-4H2,1H3. The number of sulfonamides is 1. The van der Waals surface area contributed by atoms with Crippen molar-refractivity contribution in [2.45, 2.75) is 17.6 Å². The molecule has 0 bridgehead atoms. The van der Waals surface area contributed by atoms with Crippen LogP contribution in [0.25, 0.3) is 0 Å². The van der Waals surface area contributed by atoms with E-state index in [0.717, 1.165) is 17.8 Å². The van der Waals surface area contributed by atoms with Crippen LogP contribution in [0, 0.1) is 6.92 Å². The van der Waals surface area contributed by atoms with Gasteiger partial charge in [-0.3, -0.25) is 0 Å². The summed E-state index contributed by atoms with van der Waals surface area (Å²) >= 11 is 6.69. The van der Waals surface area contributed by atoms with Crippen LogP contribution in [0.15, 0.2) is 4.21 Å². The summed E-state index contributed by atoms with van der Waals surface area (Å²) in [5.41, 5.74) is 0.493. The highest BCUT2D eigenvalue weighted by Gasteiger charge is 2.32. The van der Waals surface area contributed by atoms with Crippen LogP contribution < -0.4 is 0 Å². The van der Waals surface area contributed by atoms with Crippen LogP contribution in [-0.2, 0) is 10.0 Å². The number of hydrogen-bond acceptors (Lipinski definition) is 4. The quantitative estimate of drug-likeness (QED) is 0.802. The topological polar surface area (TPSA) is 50.3 Å². The first-order valence-corrected chi connectivity index (χ1v) is 6.78. The SMILES string of the molecule is Cc1nc(Cl)sc1S(=O)(=O)N1CCC1. The predicted octanol–water partition coefficient (Wildman–Crippen LogP) is 1.50. The minimum atomic E-state index is -3.31. The third kappa shape index (κ3) is 1.56. The molecule has 0 aromatic carbocycles. The van der Waals surface area contributed by atoms with E-state index in [0.29, 0.717) is 18.8 Å². The summed E-state index contributed by atoms with van der Waals surface area (Å²) in [5, 5.41) is 0. The number of hydrogen-bond donors (Lipinski definition) is 0. The third-order valence-electron chi connectivity index (χ3n) is 2.12. The van der Waals surface area contributed by atoms with Gasteiger partial charge in [0.05, 0.1) is 5.69 Å². The number of aromatic nitrogens is 1. The van der Waals surface area contributed by atoms with Gasteiger partial charge in [0.25, 0.3) is 10.0 Å². The Kier molecular flexibility index (Phi) is 2.55. The number of halogens is 1. The van der Waals surface area contributed by atoms with Gasteiger partial charge in [-0.25, -0.2) is 13.4 Å². The molecule has 1 aliphatic heterocycles. The molecular weight excluding hydrogens is 244 g/mol. The second-order valence-corrected chi connectivity index (χ2v) is 6.81. The summed E-state index contributed by atoms with van der Waals surface area (Å²) in [6, 6.07) is 0. The lowest BCUT2D eigenvalue weighted by Crippen LogP contribution is -2.41. The van der Waals surface area contributed by atoms with E-state index in [2.05, 4.69) is 4.98 Å². The summed E-state index contributed by atoms with van der Waals surface area (Å²) in [7, 11) is -3.31. The maximum Gasteiger partial charge on any atom is 0.254 e. The maximum atomic E-state index is 11.9. The molecule has 78 valence electrons. The van der Waals surface area contributed by atoms with Crippen LogP contribution in [0.4, 0.5) is 0 Å². The molecule has 14 heavy (non-hydrogen) atoms. The van der Waals surface area contributed by atoms with E-state index < -0.39 is 10.0 Å². The predicted molar refractivity (Wildman–Crippen MR) is 55.2 cm³/mol. The fourth-order valence-corrected chi connectivity index (χ4v) is 4.63. The van der Waals surface area contributed by atoms with Crippen molar-refractivity contribution in [2.24, 2.45) is 0 Å². The molecule has 0 radical (unpaired) electrons. The Morgan fingerprint density at radius 1 is 1.50 bits per heavy atom. The molecule has 7 heteroatoms. The van der Waals surface area contributed by atoms with Crippen LogP contribution in [0.5, 0.6) is 0 Å². The summed E-state index contributed by atoms with van der Waals surface area (Å²) in [6.07, 6.45) is 0.935. The van der Waals surface area contributed by atoms with Gasteiger partial charge in [-0.1, -0.05) is 22.9 Å². The van der Waals surface area contributed by atoms with Crippen LogP contribution in [-0.4, -0.2) is 30.8 Å². The molecule has 0 atom stereocenters. The summed E-state index contributed by atoms with van der Waals surface area (Å²) in [6.45, 7) is 2.88. The lowest BCUT2D eigenvalue weighted by Gasteiger charge is -2.29. The normalized spacial score (nSPS) is 18.1. The van der Waals surface area contributed by atoms with Gasteiger partial charge in [0, 0.05) is 13.1 Å². The molecule has 4 nitrogen and oxygen atoms in total. The number of aryl methyl sites for hydroxylation is 1. The van der Waals surface area contributed by atoms with E-state index in [1.165, 1.54) is 4.31 Å². The molecule has 0 saturated carbocycles. The Morgan fingerprint density at radius 2 is 2.14 bits per heavy atom. The van der Waals surface area contributed by atoms with Crippen molar-refractivity contribution in [1.29, 1.82) is 0 Å². The molecule has 1 saturated heterocycles. The maximum absolute atomic E-state index is 11.9. The Hall–Kier alpha value is -0.170. The molecule has 0 unspecified atom stereocenters. The van der Waals surface area contributed by atoms with E-state index in [9.17, 15) is 8.42 Å². The fraction of sp³-hybridized carbons (Fsp3) is 0.571. The molecule has 0 amide bonds. The van der Waals surface area contributed by atoms with Crippen molar-refractivity contribution in [3.05, 3.63) is 10.2 Å². The second-order valence-electron chi connectivity index (χ2n) is 3.10. The summed E-state index contributed by atoms with van der Waals surface area (Å²) < 4.78 is 25.8.